The molecule has 7 heteroatoms. The Morgan fingerprint density at radius 1 is 1.28 bits per heavy atom. The Morgan fingerprint density at radius 3 is 2.68 bits per heavy atom. The van der Waals surface area contributed by atoms with E-state index in [1.165, 1.54) is 17.7 Å². The van der Waals surface area contributed by atoms with Crippen LogP contribution in [0.4, 0.5) is 11.5 Å². The van der Waals surface area contributed by atoms with Crippen LogP contribution in [0.25, 0.3) is 10.2 Å². The number of anilines is 2. The van der Waals surface area contributed by atoms with Gasteiger partial charge >= 0.3 is 5.97 Å². The Hall–Kier alpha value is -1.99. The van der Waals surface area contributed by atoms with Gasteiger partial charge in [-0.05, 0) is 42.7 Å². The number of fused-ring (bicyclic) bond motifs is 1. The van der Waals surface area contributed by atoms with E-state index in [1.807, 2.05) is 45.0 Å². The first-order chi connectivity index (χ1) is 12.0. The van der Waals surface area contributed by atoms with Crippen molar-refractivity contribution in [2.45, 2.75) is 20.8 Å². The summed E-state index contributed by atoms with van der Waals surface area (Å²) in [5.74, 6) is 0.681. The molecule has 0 saturated carbocycles. The highest BCUT2D eigenvalue weighted by atomic mass is 79.9. The van der Waals surface area contributed by atoms with Crippen LogP contribution in [0.5, 0.6) is 0 Å². The summed E-state index contributed by atoms with van der Waals surface area (Å²) in [6.45, 7) is 6.33. The van der Waals surface area contributed by atoms with Crippen LogP contribution in [0.15, 0.2) is 35.1 Å². The second-order valence-electron chi connectivity index (χ2n) is 6.08. The molecule has 25 heavy (non-hydrogen) atoms. The summed E-state index contributed by atoms with van der Waals surface area (Å²) >= 11 is 4.76. The minimum Gasteiger partial charge on any atom is -0.461 e. The van der Waals surface area contributed by atoms with Gasteiger partial charge in [-0.3, -0.25) is 0 Å². The van der Waals surface area contributed by atoms with Crippen molar-refractivity contribution >= 4 is 55.0 Å². The molecule has 0 unspecified atom stereocenters. The van der Waals surface area contributed by atoms with Crippen molar-refractivity contribution in [3.63, 3.8) is 0 Å². The zero-order valence-electron chi connectivity index (χ0n) is 14.2. The van der Waals surface area contributed by atoms with Gasteiger partial charge in [0.2, 0.25) is 0 Å². The predicted molar refractivity (Wildman–Crippen MR) is 105 cm³/mol. The first-order valence-electron chi connectivity index (χ1n) is 7.89. The molecule has 0 aliphatic rings. The molecule has 2 aromatic heterocycles. The third kappa shape index (κ3) is 3.99. The van der Waals surface area contributed by atoms with E-state index >= 15 is 0 Å². The number of benzene rings is 1. The molecule has 0 bridgehead atoms. The summed E-state index contributed by atoms with van der Waals surface area (Å²) < 4.78 is 6.38. The number of nitrogens with zero attached hydrogens (tertiary/aromatic N) is 2. The molecule has 130 valence electrons. The number of rotatable bonds is 5. The highest BCUT2D eigenvalue weighted by Crippen LogP contribution is 2.35. The summed E-state index contributed by atoms with van der Waals surface area (Å²) in [4.78, 5) is 22.4. The lowest BCUT2D eigenvalue weighted by Gasteiger charge is -2.08. The summed E-state index contributed by atoms with van der Waals surface area (Å²) in [5, 5.41) is 4.15. The van der Waals surface area contributed by atoms with Crippen LogP contribution in [-0.2, 0) is 4.74 Å². The van der Waals surface area contributed by atoms with Crippen LogP contribution in [0, 0.1) is 12.8 Å². The quantitative estimate of drug-likeness (QED) is 0.566. The molecule has 0 radical (unpaired) electrons. The van der Waals surface area contributed by atoms with Gasteiger partial charge in [0.05, 0.1) is 12.0 Å². The molecule has 0 atom stereocenters. The number of aromatic nitrogens is 2. The molecule has 0 saturated heterocycles. The third-order valence-electron chi connectivity index (χ3n) is 3.57. The molecule has 3 rings (SSSR count). The molecule has 0 amide bonds. The van der Waals surface area contributed by atoms with Gasteiger partial charge in [0.15, 0.2) is 0 Å². The molecule has 0 spiro atoms. The zero-order chi connectivity index (χ0) is 18.0. The van der Waals surface area contributed by atoms with E-state index in [-0.39, 0.29) is 5.97 Å². The number of aryl methyl sites for hydroxylation is 1. The van der Waals surface area contributed by atoms with Gasteiger partial charge in [-0.1, -0.05) is 29.8 Å². The van der Waals surface area contributed by atoms with Crippen LogP contribution in [0.2, 0.25) is 0 Å². The molecule has 2 heterocycles. The van der Waals surface area contributed by atoms with E-state index in [0.29, 0.717) is 23.2 Å². The molecule has 5 nitrogen and oxygen atoms in total. The van der Waals surface area contributed by atoms with Crippen molar-refractivity contribution in [3.8, 4) is 0 Å². The van der Waals surface area contributed by atoms with Crippen molar-refractivity contribution in [3.05, 3.63) is 45.5 Å². The maximum absolute atomic E-state index is 12.4. The number of carbonyl (C=O) groups is 1. The molecule has 0 aliphatic heterocycles. The van der Waals surface area contributed by atoms with Crippen molar-refractivity contribution in [2.75, 3.05) is 11.9 Å². The largest absolute Gasteiger partial charge is 0.461 e. The van der Waals surface area contributed by atoms with Gasteiger partial charge in [0.1, 0.15) is 21.9 Å². The van der Waals surface area contributed by atoms with Crippen molar-refractivity contribution in [1.82, 2.24) is 9.97 Å². The Kier molecular flexibility index (Phi) is 5.34. The lowest BCUT2D eigenvalue weighted by atomic mass is 10.2. The second kappa shape index (κ2) is 7.49. The van der Waals surface area contributed by atoms with E-state index in [0.717, 1.165) is 25.9 Å². The third-order valence-corrected chi connectivity index (χ3v) is 5.28. The Morgan fingerprint density at radius 2 is 2.00 bits per heavy atom. The van der Waals surface area contributed by atoms with Crippen molar-refractivity contribution in [2.24, 2.45) is 5.92 Å². The van der Waals surface area contributed by atoms with Gasteiger partial charge in [0.25, 0.3) is 0 Å². The fourth-order valence-electron chi connectivity index (χ4n) is 2.34. The lowest BCUT2D eigenvalue weighted by Crippen LogP contribution is -2.09. The zero-order valence-corrected chi connectivity index (χ0v) is 16.6. The lowest BCUT2D eigenvalue weighted by molar-refractivity contribution is 0.0464. The van der Waals surface area contributed by atoms with Gasteiger partial charge in [-0.2, -0.15) is 0 Å². The summed E-state index contributed by atoms with van der Waals surface area (Å²) in [5.41, 5.74) is 1.76. The molecular weight excluding hydrogens is 402 g/mol. The van der Waals surface area contributed by atoms with Gasteiger partial charge in [0, 0.05) is 10.2 Å². The molecule has 1 N–H and O–H groups in total. The smallest absolute Gasteiger partial charge is 0.348 e. The highest BCUT2D eigenvalue weighted by Gasteiger charge is 2.20. The van der Waals surface area contributed by atoms with Crippen molar-refractivity contribution < 1.29 is 9.53 Å². The molecule has 1 aromatic carbocycles. The highest BCUT2D eigenvalue weighted by molar-refractivity contribution is 9.10. The van der Waals surface area contributed by atoms with Crippen LogP contribution in [0.1, 0.15) is 29.1 Å². The maximum atomic E-state index is 12.4. The normalized spacial score (nSPS) is 11.1. The molecule has 0 fully saturated rings. The average Bonchev–Trinajstić information content (AvgIpc) is 2.93. The first-order valence-corrected chi connectivity index (χ1v) is 9.50. The molecule has 3 aromatic rings. The standard InChI is InChI=1S/C18H18BrN3O2S/c1-10(2)8-24-18(23)15-11(3)14-16(20-9-21-17(14)25-15)22-13-6-4-12(19)5-7-13/h4-7,9-10H,8H2,1-3H3,(H,20,21,22). The number of hydrogen-bond donors (Lipinski definition) is 1. The summed E-state index contributed by atoms with van der Waals surface area (Å²) in [6.07, 6.45) is 1.50. The SMILES string of the molecule is Cc1c(C(=O)OCC(C)C)sc2ncnc(Nc3ccc(Br)cc3)c12. The first kappa shape index (κ1) is 17.8. The topological polar surface area (TPSA) is 64.1 Å². The van der Waals surface area contributed by atoms with Crippen LogP contribution < -0.4 is 5.32 Å². The summed E-state index contributed by atoms with van der Waals surface area (Å²) in [6, 6.07) is 7.82. The molecular formula is C18H18BrN3O2S. The number of ether oxygens (including phenoxy) is 1. The monoisotopic (exact) mass is 419 g/mol. The Bertz CT molecular complexity index is 907. The number of esters is 1. The number of thiophene rings is 1. The minimum atomic E-state index is -0.302. The van der Waals surface area contributed by atoms with Gasteiger partial charge < -0.3 is 10.1 Å². The van der Waals surface area contributed by atoms with Crippen molar-refractivity contribution in [1.29, 1.82) is 0 Å². The van der Waals surface area contributed by atoms with E-state index < -0.39 is 0 Å². The fraction of sp³-hybridized carbons (Fsp3) is 0.278. The Labute approximate surface area is 158 Å². The minimum absolute atomic E-state index is 0.299. The predicted octanol–water partition coefficient (Wildman–Crippen LogP) is 5.32. The Balaban J connectivity index is 1.95. The van der Waals surface area contributed by atoms with E-state index in [4.69, 9.17) is 4.74 Å². The van der Waals surface area contributed by atoms with Crippen LogP contribution in [0.3, 0.4) is 0 Å². The van der Waals surface area contributed by atoms with E-state index in [9.17, 15) is 4.79 Å². The summed E-state index contributed by atoms with van der Waals surface area (Å²) in [7, 11) is 0. The number of nitrogens with one attached hydrogen (secondary N) is 1. The van der Waals surface area contributed by atoms with Gasteiger partial charge in [-0.25, -0.2) is 14.8 Å². The van der Waals surface area contributed by atoms with Gasteiger partial charge in [-0.15, -0.1) is 11.3 Å². The number of carbonyl (C=O) groups excluding carboxylic acids is 1. The van der Waals surface area contributed by atoms with E-state index in [1.54, 1.807) is 0 Å². The van der Waals surface area contributed by atoms with Crippen LogP contribution in [-0.4, -0.2) is 22.5 Å². The number of halogens is 1. The number of hydrogen-bond acceptors (Lipinski definition) is 6. The van der Waals surface area contributed by atoms with E-state index in [2.05, 4.69) is 31.2 Å². The molecule has 0 aliphatic carbocycles. The fourth-order valence-corrected chi connectivity index (χ4v) is 3.65. The average molecular weight is 420 g/mol. The second-order valence-corrected chi connectivity index (χ2v) is 8.00. The van der Waals surface area contributed by atoms with Crippen LogP contribution >= 0.6 is 27.3 Å². The maximum Gasteiger partial charge on any atom is 0.348 e.